The molecule has 19 heavy (non-hydrogen) atoms. The molecule has 0 radical (unpaired) electrons. The molecular weight excluding hydrogens is 285 g/mol. The molecule has 0 saturated carbocycles. The molecule has 0 aliphatic carbocycles. The van der Waals surface area contributed by atoms with Crippen LogP contribution < -0.4 is 5.32 Å². The number of benzene rings is 2. The van der Waals surface area contributed by atoms with Crippen molar-refractivity contribution in [1.82, 2.24) is 0 Å². The molecule has 1 atom stereocenters. The van der Waals surface area contributed by atoms with E-state index in [1.807, 2.05) is 13.0 Å². The van der Waals surface area contributed by atoms with Crippen molar-refractivity contribution in [2.24, 2.45) is 0 Å². The van der Waals surface area contributed by atoms with Gasteiger partial charge in [-0.3, -0.25) is 0 Å². The van der Waals surface area contributed by atoms with Gasteiger partial charge in [-0.2, -0.15) is 0 Å². The molecule has 0 aromatic heterocycles. The zero-order chi connectivity index (χ0) is 14.0. The average molecular weight is 298 g/mol. The van der Waals surface area contributed by atoms with Gasteiger partial charge >= 0.3 is 0 Å². The zero-order valence-electron chi connectivity index (χ0n) is 10.2. The van der Waals surface area contributed by atoms with E-state index in [2.05, 4.69) is 5.32 Å². The maximum atomic E-state index is 9.80. The van der Waals surface area contributed by atoms with E-state index < -0.39 is 0 Å². The number of aromatic hydroxyl groups is 2. The average Bonchev–Trinajstić information content (AvgIpc) is 2.34. The van der Waals surface area contributed by atoms with Crippen LogP contribution in [0.2, 0.25) is 10.0 Å². The summed E-state index contributed by atoms with van der Waals surface area (Å²) in [6.45, 7) is 1.88. The quantitative estimate of drug-likeness (QED) is 0.777. The van der Waals surface area contributed by atoms with Gasteiger partial charge in [0.15, 0.2) is 0 Å². The van der Waals surface area contributed by atoms with Crippen molar-refractivity contribution in [1.29, 1.82) is 0 Å². The van der Waals surface area contributed by atoms with Gasteiger partial charge in [0.2, 0.25) is 0 Å². The van der Waals surface area contributed by atoms with Gasteiger partial charge in [0.05, 0.1) is 21.8 Å². The van der Waals surface area contributed by atoms with Crippen LogP contribution in [0.3, 0.4) is 0 Å². The highest BCUT2D eigenvalue weighted by atomic mass is 35.5. The van der Waals surface area contributed by atoms with Crippen LogP contribution >= 0.6 is 23.2 Å². The lowest BCUT2D eigenvalue weighted by Gasteiger charge is -2.18. The molecule has 0 heterocycles. The van der Waals surface area contributed by atoms with Crippen LogP contribution in [0.25, 0.3) is 0 Å². The molecule has 2 aromatic rings. The third-order valence-corrected chi connectivity index (χ3v) is 3.62. The summed E-state index contributed by atoms with van der Waals surface area (Å²) in [6.07, 6.45) is 0. The summed E-state index contributed by atoms with van der Waals surface area (Å²) in [5, 5.41) is 23.2. The minimum Gasteiger partial charge on any atom is -0.508 e. The Kier molecular flexibility index (Phi) is 4.08. The second-order valence-corrected chi connectivity index (χ2v) is 5.00. The number of halogens is 2. The van der Waals surface area contributed by atoms with Crippen LogP contribution in [0.4, 0.5) is 5.69 Å². The lowest BCUT2D eigenvalue weighted by Crippen LogP contribution is -2.07. The van der Waals surface area contributed by atoms with Gasteiger partial charge in [-0.25, -0.2) is 0 Å². The summed E-state index contributed by atoms with van der Waals surface area (Å²) < 4.78 is 0. The number of nitrogens with one attached hydrogen (secondary N) is 1. The van der Waals surface area contributed by atoms with Gasteiger partial charge in [-0.05, 0) is 31.2 Å². The monoisotopic (exact) mass is 297 g/mol. The molecule has 0 fully saturated rings. The lowest BCUT2D eigenvalue weighted by molar-refractivity contribution is 0.444. The fraction of sp³-hybridized carbons (Fsp3) is 0.143. The van der Waals surface area contributed by atoms with Crippen LogP contribution in [0, 0.1) is 0 Å². The van der Waals surface area contributed by atoms with Crippen LogP contribution in [0.15, 0.2) is 36.4 Å². The Morgan fingerprint density at radius 3 is 2.53 bits per heavy atom. The Labute approximate surface area is 121 Å². The van der Waals surface area contributed by atoms with Gasteiger partial charge in [0, 0.05) is 11.6 Å². The number of hydrogen-bond acceptors (Lipinski definition) is 3. The minimum atomic E-state index is -0.184. The van der Waals surface area contributed by atoms with Crippen LogP contribution in [0.1, 0.15) is 18.5 Å². The molecule has 2 aromatic carbocycles. The summed E-state index contributed by atoms with van der Waals surface area (Å²) in [5.41, 5.74) is 1.35. The molecule has 0 saturated heterocycles. The second-order valence-electron chi connectivity index (χ2n) is 4.21. The van der Waals surface area contributed by atoms with Gasteiger partial charge in [-0.15, -0.1) is 0 Å². The Hall–Kier alpha value is -1.58. The second kappa shape index (κ2) is 5.59. The molecule has 0 amide bonds. The first kappa shape index (κ1) is 13.8. The van der Waals surface area contributed by atoms with Gasteiger partial charge in [0.1, 0.15) is 11.5 Å². The highest BCUT2D eigenvalue weighted by Gasteiger charge is 2.13. The highest BCUT2D eigenvalue weighted by molar-refractivity contribution is 6.43. The summed E-state index contributed by atoms with van der Waals surface area (Å²) in [5.74, 6) is 0.0485. The number of rotatable bonds is 3. The first-order valence-electron chi connectivity index (χ1n) is 5.71. The maximum Gasteiger partial charge on any atom is 0.124 e. The van der Waals surface area contributed by atoms with E-state index in [1.54, 1.807) is 18.2 Å². The fourth-order valence-electron chi connectivity index (χ4n) is 1.82. The molecule has 0 spiro atoms. The van der Waals surface area contributed by atoms with E-state index in [9.17, 15) is 10.2 Å². The maximum absolute atomic E-state index is 9.80. The molecule has 3 nitrogen and oxygen atoms in total. The highest BCUT2D eigenvalue weighted by Crippen LogP contribution is 2.34. The molecule has 2 rings (SSSR count). The third kappa shape index (κ3) is 3.06. The van der Waals surface area contributed by atoms with Gasteiger partial charge in [-0.1, -0.05) is 29.3 Å². The third-order valence-electron chi connectivity index (χ3n) is 2.80. The number of anilines is 1. The predicted octanol–water partition coefficient (Wildman–Crippen LogP) is 4.58. The van der Waals surface area contributed by atoms with E-state index in [0.717, 1.165) is 0 Å². The normalized spacial score (nSPS) is 12.2. The van der Waals surface area contributed by atoms with Crippen molar-refractivity contribution in [3.05, 3.63) is 52.0 Å². The summed E-state index contributed by atoms with van der Waals surface area (Å²) >= 11 is 12.0. The van der Waals surface area contributed by atoms with Crippen LogP contribution in [-0.2, 0) is 0 Å². The lowest BCUT2D eigenvalue weighted by atomic mass is 10.1. The Morgan fingerprint density at radius 1 is 1.11 bits per heavy atom. The van der Waals surface area contributed by atoms with Crippen molar-refractivity contribution < 1.29 is 10.2 Å². The molecule has 5 heteroatoms. The standard InChI is InChI=1S/C14H13Cl2NO2/c1-8(10-6-5-9(18)7-13(10)19)17-12-4-2-3-11(15)14(12)16/h2-8,17-19H,1H3. The molecule has 0 aliphatic heterocycles. The predicted molar refractivity (Wildman–Crippen MR) is 78.3 cm³/mol. The number of phenolic OH excluding ortho intramolecular Hbond substituents is 2. The first-order chi connectivity index (χ1) is 8.99. The Morgan fingerprint density at radius 2 is 1.84 bits per heavy atom. The Bertz CT molecular complexity index is 602. The molecule has 3 N–H and O–H groups in total. The summed E-state index contributed by atoms with van der Waals surface area (Å²) in [6, 6.07) is 9.59. The van der Waals surface area contributed by atoms with Crippen molar-refractivity contribution in [3.63, 3.8) is 0 Å². The largest absolute Gasteiger partial charge is 0.508 e. The van der Waals surface area contributed by atoms with E-state index in [4.69, 9.17) is 23.2 Å². The first-order valence-corrected chi connectivity index (χ1v) is 6.47. The van der Waals surface area contributed by atoms with Crippen LogP contribution in [-0.4, -0.2) is 10.2 Å². The van der Waals surface area contributed by atoms with Crippen molar-refractivity contribution in [3.8, 4) is 11.5 Å². The molecule has 0 bridgehead atoms. The zero-order valence-corrected chi connectivity index (χ0v) is 11.7. The van der Waals surface area contributed by atoms with Crippen molar-refractivity contribution in [2.45, 2.75) is 13.0 Å². The van der Waals surface area contributed by atoms with E-state index in [0.29, 0.717) is 21.3 Å². The van der Waals surface area contributed by atoms with Gasteiger partial charge in [0.25, 0.3) is 0 Å². The SMILES string of the molecule is CC(Nc1cccc(Cl)c1Cl)c1ccc(O)cc1O. The smallest absolute Gasteiger partial charge is 0.124 e. The van der Waals surface area contributed by atoms with Crippen LogP contribution in [0.5, 0.6) is 11.5 Å². The summed E-state index contributed by atoms with van der Waals surface area (Å²) in [7, 11) is 0. The van der Waals surface area contributed by atoms with E-state index >= 15 is 0 Å². The molecule has 0 aliphatic rings. The van der Waals surface area contributed by atoms with Crippen molar-refractivity contribution in [2.75, 3.05) is 5.32 Å². The summed E-state index contributed by atoms with van der Waals surface area (Å²) in [4.78, 5) is 0. The van der Waals surface area contributed by atoms with Crippen molar-refractivity contribution >= 4 is 28.9 Å². The molecule has 1 unspecified atom stereocenters. The topological polar surface area (TPSA) is 52.5 Å². The van der Waals surface area contributed by atoms with E-state index in [-0.39, 0.29) is 17.5 Å². The van der Waals surface area contributed by atoms with Gasteiger partial charge < -0.3 is 15.5 Å². The molecule has 100 valence electrons. The number of phenols is 2. The minimum absolute atomic E-state index is 0.0224. The fourth-order valence-corrected chi connectivity index (χ4v) is 2.18. The Balaban J connectivity index is 2.25. The molecular formula is C14H13Cl2NO2. The number of hydrogen-bond donors (Lipinski definition) is 3. The van der Waals surface area contributed by atoms with E-state index in [1.165, 1.54) is 12.1 Å².